The summed E-state index contributed by atoms with van der Waals surface area (Å²) in [5.41, 5.74) is 2.29. The van der Waals surface area contributed by atoms with Crippen molar-refractivity contribution in [1.82, 2.24) is 20.6 Å². The molecule has 32 heavy (non-hydrogen) atoms. The third-order valence-electron chi connectivity index (χ3n) is 5.38. The number of nitrogens with one attached hydrogen (secondary N) is 3. The second kappa shape index (κ2) is 9.86. The number of aromatic amines is 1. The van der Waals surface area contributed by atoms with Gasteiger partial charge in [-0.2, -0.15) is 11.8 Å². The van der Waals surface area contributed by atoms with Crippen LogP contribution in [0.2, 0.25) is 0 Å². The lowest BCUT2D eigenvalue weighted by atomic mass is 10.1. The van der Waals surface area contributed by atoms with Gasteiger partial charge in [0.25, 0.3) is 5.91 Å². The Morgan fingerprint density at radius 1 is 1.16 bits per heavy atom. The highest BCUT2D eigenvalue weighted by atomic mass is 32.2. The van der Waals surface area contributed by atoms with Gasteiger partial charge in [0.15, 0.2) is 0 Å². The van der Waals surface area contributed by atoms with E-state index in [9.17, 15) is 14.4 Å². The molecule has 9 heteroatoms. The van der Waals surface area contributed by atoms with Crippen LogP contribution >= 0.6 is 11.8 Å². The lowest BCUT2D eigenvalue weighted by Gasteiger charge is -2.17. The van der Waals surface area contributed by atoms with E-state index in [1.54, 1.807) is 36.0 Å². The highest BCUT2D eigenvalue weighted by Crippen LogP contribution is 2.22. The largest absolute Gasteiger partial charge is 0.346 e. The maximum absolute atomic E-state index is 12.7. The fourth-order valence-corrected chi connectivity index (χ4v) is 4.21. The van der Waals surface area contributed by atoms with Crippen molar-refractivity contribution in [3.63, 3.8) is 0 Å². The Bertz CT molecular complexity index is 1080. The number of carbonyl (C=O) groups excluding carboxylic acids is 3. The van der Waals surface area contributed by atoms with Gasteiger partial charge in [-0.15, -0.1) is 0 Å². The Balaban J connectivity index is 1.38. The number of imidazole rings is 1. The Hall–Kier alpha value is -3.33. The zero-order valence-corrected chi connectivity index (χ0v) is 18.5. The van der Waals surface area contributed by atoms with E-state index in [0.717, 1.165) is 28.1 Å². The molecule has 0 spiro atoms. The van der Waals surface area contributed by atoms with E-state index >= 15 is 0 Å². The first-order chi connectivity index (χ1) is 15.6. The molecule has 0 saturated carbocycles. The molecule has 0 aliphatic carbocycles. The first-order valence-corrected chi connectivity index (χ1v) is 11.9. The minimum atomic E-state index is -0.718. The summed E-state index contributed by atoms with van der Waals surface area (Å²) >= 11 is 1.70. The van der Waals surface area contributed by atoms with Gasteiger partial charge in [-0.3, -0.25) is 9.59 Å². The molecule has 0 bridgehead atoms. The molecule has 4 amide bonds. The number of hydrogen-bond acceptors (Lipinski definition) is 5. The van der Waals surface area contributed by atoms with E-state index in [0.29, 0.717) is 11.5 Å². The van der Waals surface area contributed by atoms with Crippen LogP contribution in [0.1, 0.15) is 31.1 Å². The smallest absolute Gasteiger partial charge is 0.329 e. The number of imide groups is 1. The summed E-state index contributed by atoms with van der Waals surface area (Å²) in [4.78, 5) is 46.7. The summed E-state index contributed by atoms with van der Waals surface area (Å²) in [6, 6.07) is 15.1. The number of amides is 4. The molecule has 1 saturated heterocycles. The second-order valence-corrected chi connectivity index (χ2v) is 8.58. The molecule has 2 unspecified atom stereocenters. The Morgan fingerprint density at radius 2 is 1.91 bits per heavy atom. The van der Waals surface area contributed by atoms with E-state index in [-0.39, 0.29) is 30.7 Å². The maximum atomic E-state index is 12.7. The first-order valence-electron chi connectivity index (χ1n) is 10.5. The number of para-hydroxylation sites is 3. The van der Waals surface area contributed by atoms with Crippen LogP contribution in [0.15, 0.2) is 54.6 Å². The zero-order valence-electron chi connectivity index (χ0n) is 17.7. The van der Waals surface area contributed by atoms with E-state index in [1.807, 2.05) is 36.6 Å². The number of nitrogens with zero attached hydrogens (tertiary/aromatic N) is 2. The number of benzene rings is 2. The zero-order chi connectivity index (χ0) is 22.5. The van der Waals surface area contributed by atoms with Crippen molar-refractivity contribution in [1.29, 1.82) is 0 Å². The number of urea groups is 1. The Morgan fingerprint density at radius 3 is 2.66 bits per heavy atom. The highest BCUT2D eigenvalue weighted by molar-refractivity contribution is 7.98. The molecule has 166 valence electrons. The summed E-state index contributed by atoms with van der Waals surface area (Å²) in [6.45, 7) is 0. The molecular weight excluding hydrogens is 426 g/mol. The van der Waals surface area contributed by atoms with Gasteiger partial charge in [0.1, 0.15) is 11.9 Å². The Kier molecular flexibility index (Phi) is 6.75. The van der Waals surface area contributed by atoms with Crippen molar-refractivity contribution in [3.8, 4) is 0 Å². The molecule has 2 heterocycles. The quantitative estimate of drug-likeness (QED) is 0.433. The van der Waals surface area contributed by atoms with Gasteiger partial charge in [0.05, 0.1) is 22.8 Å². The average molecular weight is 452 g/mol. The summed E-state index contributed by atoms with van der Waals surface area (Å²) < 4.78 is 0. The third kappa shape index (κ3) is 4.77. The Labute approximate surface area is 190 Å². The predicted octanol–water partition coefficient (Wildman–Crippen LogP) is 3.38. The van der Waals surface area contributed by atoms with Gasteiger partial charge in [-0.05, 0) is 49.1 Å². The summed E-state index contributed by atoms with van der Waals surface area (Å²) in [5, 5.41) is 5.72. The molecule has 2 aromatic carbocycles. The first kappa shape index (κ1) is 21.9. The third-order valence-corrected chi connectivity index (χ3v) is 6.02. The van der Waals surface area contributed by atoms with Gasteiger partial charge >= 0.3 is 6.03 Å². The molecule has 2 atom stereocenters. The number of thioether (sulfide) groups is 1. The molecule has 3 aromatic rings. The monoisotopic (exact) mass is 451 g/mol. The number of H-pyrrole nitrogens is 1. The van der Waals surface area contributed by atoms with Crippen molar-refractivity contribution < 1.29 is 14.4 Å². The lowest BCUT2D eigenvalue weighted by molar-refractivity contribution is -0.122. The van der Waals surface area contributed by atoms with Gasteiger partial charge in [-0.25, -0.2) is 14.7 Å². The minimum absolute atomic E-state index is 0.120. The number of anilines is 1. The second-order valence-electron chi connectivity index (χ2n) is 7.59. The van der Waals surface area contributed by atoms with Crippen LogP contribution in [0, 0.1) is 0 Å². The van der Waals surface area contributed by atoms with Crippen LogP contribution in [0.25, 0.3) is 11.0 Å². The summed E-state index contributed by atoms with van der Waals surface area (Å²) in [7, 11) is 0. The molecule has 1 fully saturated rings. The molecule has 8 nitrogen and oxygen atoms in total. The number of hydrogen-bond donors (Lipinski definition) is 3. The number of rotatable bonds is 9. The lowest BCUT2D eigenvalue weighted by Crippen LogP contribution is -2.34. The summed E-state index contributed by atoms with van der Waals surface area (Å²) in [5.74, 6) is 1.06. The molecule has 1 aliphatic heterocycles. The van der Waals surface area contributed by atoms with Crippen LogP contribution in [-0.2, 0) is 9.59 Å². The van der Waals surface area contributed by atoms with Crippen LogP contribution < -0.4 is 15.5 Å². The molecule has 3 N–H and O–H groups in total. The molecule has 1 aromatic heterocycles. The van der Waals surface area contributed by atoms with Gasteiger partial charge in [0, 0.05) is 6.42 Å². The fourth-order valence-electron chi connectivity index (χ4n) is 3.74. The topological polar surface area (TPSA) is 107 Å². The van der Waals surface area contributed by atoms with E-state index in [1.165, 1.54) is 0 Å². The van der Waals surface area contributed by atoms with Crippen molar-refractivity contribution >= 4 is 46.3 Å². The minimum Gasteiger partial charge on any atom is -0.346 e. The van der Waals surface area contributed by atoms with Gasteiger partial charge in [0.2, 0.25) is 5.91 Å². The SMILES string of the molecule is CSCCC(NC(=O)CCC1NC(=O)N(c2ccccc2)C1=O)c1nc2ccccc2[nH]1. The van der Waals surface area contributed by atoms with Crippen LogP contribution in [0.5, 0.6) is 0 Å². The van der Waals surface area contributed by atoms with Crippen LogP contribution in [0.3, 0.4) is 0 Å². The van der Waals surface area contributed by atoms with Crippen molar-refractivity contribution in [2.75, 3.05) is 16.9 Å². The number of aromatic nitrogens is 2. The average Bonchev–Trinajstić information content (AvgIpc) is 3.36. The van der Waals surface area contributed by atoms with Gasteiger partial charge < -0.3 is 15.6 Å². The van der Waals surface area contributed by atoms with Crippen LogP contribution in [-0.4, -0.2) is 45.9 Å². The van der Waals surface area contributed by atoms with Crippen molar-refractivity contribution in [2.24, 2.45) is 0 Å². The predicted molar refractivity (Wildman–Crippen MR) is 125 cm³/mol. The normalized spacial score (nSPS) is 16.9. The molecule has 4 rings (SSSR count). The van der Waals surface area contributed by atoms with E-state index in [4.69, 9.17) is 0 Å². The summed E-state index contributed by atoms with van der Waals surface area (Å²) in [6.07, 6.45) is 3.10. The highest BCUT2D eigenvalue weighted by Gasteiger charge is 2.38. The molecule has 0 radical (unpaired) electrons. The number of fused-ring (bicyclic) bond motifs is 1. The van der Waals surface area contributed by atoms with Crippen molar-refractivity contribution in [3.05, 3.63) is 60.4 Å². The van der Waals surface area contributed by atoms with Crippen molar-refractivity contribution in [2.45, 2.75) is 31.3 Å². The van der Waals surface area contributed by atoms with Gasteiger partial charge in [-0.1, -0.05) is 30.3 Å². The maximum Gasteiger partial charge on any atom is 0.329 e. The fraction of sp³-hybridized carbons (Fsp3) is 0.304. The van der Waals surface area contributed by atoms with E-state index in [2.05, 4.69) is 20.6 Å². The standard InChI is InChI=1S/C23H25N5O3S/c1-32-14-13-18(21-25-16-9-5-6-10-17(16)26-21)24-20(29)12-11-19-22(30)28(23(31)27-19)15-7-3-2-4-8-15/h2-10,18-19H,11-14H2,1H3,(H,24,29)(H,25,26)(H,27,31). The number of carbonyl (C=O) groups is 3. The van der Waals surface area contributed by atoms with Crippen LogP contribution in [0.4, 0.5) is 10.5 Å². The molecule has 1 aliphatic rings. The van der Waals surface area contributed by atoms with E-state index < -0.39 is 12.1 Å². The molecular formula is C23H25N5O3S.